The summed E-state index contributed by atoms with van der Waals surface area (Å²) in [4.78, 5) is 69.7. The molecule has 0 aromatic rings. The summed E-state index contributed by atoms with van der Waals surface area (Å²) < 4.78 is 11.8. The van der Waals surface area contributed by atoms with Gasteiger partial charge in [-0.05, 0) is 150 Å². The third-order valence-electron chi connectivity index (χ3n) is 17.1. The highest BCUT2D eigenvalue weighted by Gasteiger charge is 2.70. The molecular weight excluding hydrogens is 735 g/mol. The van der Waals surface area contributed by atoms with Crippen molar-refractivity contribution in [3.05, 3.63) is 11.1 Å². The van der Waals surface area contributed by atoms with Crippen LogP contribution < -0.4 is 5.32 Å². The number of aliphatic carboxylic acids is 1. The van der Waals surface area contributed by atoms with Crippen LogP contribution in [0.1, 0.15) is 160 Å². The molecule has 0 aromatic heterocycles. The maximum Gasteiger partial charge on any atom is 0.410 e. The van der Waals surface area contributed by atoms with Gasteiger partial charge < -0.3 is 29.7 Å². The van der Waals surface area contributed by atoms with E-state index in [0.29, 0.717) is 44.2 Å². The number of nitrogens with zero attached hydrogens (tertiary/aromatic N) is 2. The first-order valence-corrected chi connectivity index (χ1v) is 22.4. The first-order valence-electron chi connectivity index (χ1n) is 22.4. The third kappa shape index (κ3) is 7.28. The zero-order valence-corrected chi connectivity index (χ0v) is 38.1. The average Bonchev–Trinajstić information content (AvgIpc) is 3.40. The Morgan fingerprint density at radius 3 is 2.09 bits per heavy atom. The Kier molecular flexibility index (Phi) is 11.3. The largest absolute Gasteiger partial charge is 0.481 e. The number of rotatable bonds is 7. The number of Topliss-reactive ketones (excluding diaryl/α,β-unsaturated/α-hetero) is 1. The Morgan fingerprint density at radius 2 is 1.50 bits per heavy atom. The summed E-state index contributed by atoms with van der Waals surface area (Å²) in [6.45, 7) is 26.1. The minimum absolute atomic E-state index is 0.00517. The van der Waals surface area contributed by atoms with Crippen LogP contribution in [0.3, 0.4) is 0 Å². The fourth-order valence-electron chi connectivity index (χ4n) is 13.8. The lowest BCUT2D eigenvalue weighted by atomic mass is 9.33. The standard InChI is InChI=1S/C47H75N3O8/c1-28(2)36-31(51)26-47(48-39(55)50-24-18-29(19-25-50)49(13)40(56)58-41(3,4)5)23-22-45(11)30(37(36)47)14-15-33-44(10)20-17-34(57-35(52)27-42(6,7)38(53)54)43(8,9)32(44)16-21-46(33,45)12/h28-30,32-34H,14-27H2,1-13H3,(H,48,55)(H,53,54)/t30?,32?,33?,34-,44-,45+,46+,47+/m0/s1. The minimum Gasteiger partial charge on any atom is -0.481 e. The van der Waals surface area contributed by atoms with Crippen molar-refractivity contribution in [2.45, 2.75) is 183 Å². The summed E-state index contributed by atoms with van der Waals surface area (Å²) in [6, 6.07) is -0.125. The number of likely N-dealkylation sites (tertiary alicyclic amines) is 1. The zero-order valence-electron chi connectivity index (χ0n) is 38.1. The van der Waals surface area contributed by atoms with E-state index < -0.39 is 28.5 Å². The lowest BCUT2D eigenvalue weighted by molar-refractivity contribution is -0.232. The Bertz CT molecular complexity index is 1720. The summed E-state index contributed by atoms with van der Waals surface area (Å²) >= 11 is 0. The van der Waals surface area contributed by atoms with E-state index in [9.17, 15) is 29.1 Å². The second-order valence-electron chi connectivity index (χ2n) is 22.7. The molecule has 5 fully saturated rings. The van der Waals surface area contributed by atoms with Crippen molar-refractivity contribution >= 4 is 29.8 Å². The molecule has 5 aliphatic carbocycles. The molecule has 3 amide bonds. The van der Waals surface area contributed by atoms with Gasteiger partial charge in [-0.15, -0.1) is 0 Å². The van der Waals surface area contributed by atoms with Crippen molar-refractivity contribution in [2.75, 3.05) is 20.1 Å². The van der Waals surface area contributed by atoms with E-state index in [0.717, 1.165) is 56.9 Å². The Morgan fingerprint density at radius 1 is 0.862 bits per heavy atom. The van der Waals surface area contributed by atoms with Crippen molar-refractivity contribution in [1.29, 1.82) is 0 Å². The van der Waals surface area contributed by atoms with Gasteiger partial charge in [0, 0.05) is 38.0 Å². The normalized spacial score (nSPS) is 36.3. The number of ether oxygens (including phenoxy) is 2. The van der Waals surface area contributed by atoms with Crippen LogP contribution in [0.15, 0.2) is 11.1 Å². The van der Waals surface area contributed by atoms with Crippen molar-refractivity contribution in [3.63, 3.8) is 0 Å². The second-order valence-corrected chi connectivity index (χ2v) is 22.7. The monoisotopic (exact) mass is 810 g/mol. The number of urea groups is 1. The smallest absolute Gasteiger partial charge is 0.410 e. The molecule has 11 nitrogen and oxygen atoms in total. The molecule has 8 atom stereocenters. The number of esters is 1. The van der Waals surface area contributed by atoms with Crippen molar-refractivity contribution in [2.24, 2.45) is 50.7 Å². The van der Waals surface area contributed by atoms with E-state index in [4.69, 9.17) is 9.47 Å². The van der Waals surface area contributed by atoms with Crippen LogP contribution in [0.2, 0.25) is 0 Å². The number of carboxylic acid groups (broad SMARTS) is 1. The number of piperidine rings is 1. The second kappa shape index (κ2) is 14.8. The van der Waals surface area contributed by atoms with Gasteiger partial charge in [-0.25, -0.2) is 9.59 Å². The minimum atomic E-state index is -1.18. The number of allylic oxidation sites excluding steroid dienone is 1. The van der Waals surface area contributed by atoms with E-state index >= 15 is 0 Å². The Balaban J connectivity index is 1.21. The van der Waals surface area contributed by atoms with Gasteiger partial charge in [0.25, 0.3) is 0 Å². The third-order valence-corrected chi connectivity index (χ3v) is 17.1. The molecule has 0 aromatic carbocycles. The Labute approximate surface area is 348 Å². The highest BCUT2D eigenvalue weighted by Crippen LogP contribution is 2.76. The number of carboxylic acids is 1. The van der Waals surface area contributed by atoms with Crippen molar-refractivity contribution < 1.29 is 38.6 Å². The van der Waals surface area contributed by atoms with Gasteiger partial charge in [-0.3, -0.25) is 14.4 Å². The molecule has 1 heterocycles. The maximum absolute atomic E-state index is 14.3. The molecular formula is C47H75N3O8. The van der Waals surface area contributed by atoms with Gasteiger partial charge >= 0.3 is 24.1 Å². The van der Waals surface area contributed by atoms with E-state index in [-0.39, 0.29) is 70.0 Å². The van der Waals surface area contributed by atoms with E-state index in [1.54, 1.807) is 25.8 Å². The molecule has 326 valence electrons. The molecule has 2 N–H and O–H groups in total. The molecule has 0 bridgehead atoms. The number of carbonyl (C=O) groups excluding carboxylic acids is 4. The molecule has 1 aliphatic heterocycles. The van der Waals surface area contributed by atoms with Gasteiger partial charge in [0.1, 0.15) is 11.7 Å². The van der Waals surface area contributed by atoms with Crippen molar-refractivity contribution in [3.8, 4) is 0 Å². The van der Waals surface area contributed by atoms with Gasteiger partial charge in [-0.1, -0.05) is 48.5 Å². The SMILES string of the molecule is CC(C)C1=C2C3CCC4[C@@]5(C)CC[C@H](OC(=O)CC(C)(C)C(=O)O)C(C)(C)C5CC[C@@]4(C)[C@]3(C)CC[C@@]2(NC(=O)N2CCC(N(C)C(=O)OC(C)(C)C)CC2)CC1=O. The topological polar surface area (TPSA) is 143 Å². The summed E-state index contributed by atoms with van der Waals surface area (Å²) in [5.74, 6) is -0.232. The van der Waals surface area contributed by atoms with E-state index in [1.807, 2.05) is 25.7 Å². The first kappa shape index (κ1) is 44.4. The Hall–Kier alpha value is -3.11. The predicted octanol–water partition coefficient (Wildman–Crippen LogP) is 9.17. The lowest BCUT2D eigenvalue weighted by Gasteiger charge is -2.72. The van der Waals surface area contributed by atoms with Gasteiger partial charge in [0.2, 0.25) is 0 Å². The molecule has 3 unspecified atom stereocenters. The zero-order chi connectivity index (χ0) is 43.2. The van der Waals surface area contributed by atoms with Crippen LogP contribution in [0.25, 0.3) is 0 Å². The van der Waals surface area contributed by atoms with Gasteiger partial charge in [0.15, 0.2) is 5.78 Å². The van der Waals surface area contributed by atoms with E-state index in [2.05, 4.69) is 53.8 Å². The molecule has 1 saturated heterocycles. The molecule has 11 heteroatoms. The fourth-order valence-corrected chi connectivity index (χ4v) is 13.8. The number of carbonyl (C=O) groups is 5. The van der Waals surface area contributed by atoms with Crippen LogP contribution in [-0.4, -0.2) is 88.2 Å². The van der Waals surface area contributed by atoms with Crippen LogP contribution in [0, 0.1) is 50.7 Å². The number of hydrogen-bond donors (Lipinski definition) is 2. The summed E-state index contributed by atoms with van der Waals surface area (Å²) in [5.41, 5.74) is -0.610. The lowest BCUT2D eigenvalue weighted by Crippen LogP contribution is -2.67. The quantitative estimate of drug-likeness (QED) is 0.243. The average molecular weight is 810 g/mol. The molecule has 58 heavy (non-hydrogen) atoms. The molecule has 6 rings (SSSR count). The molecule has 0 radical (unpaired) electrons. The number of ketones is 1. The van der Waals surface area contributed by atoms with Gasteiger partial charge in [0.05, 0.1) is 17.4 Å². The van der Waals surface area contributed by atoms with Gasteiger partial charge in [-0.2, -0.15) is 0 Å². The van der Waals surface area contributed by atoms with Crippen LogP contribution in [0.4, 0.5) is 9.59 Å². The maximum atomic E-state index is 14.3. The van der Waals surface area contributed by atoms with E-state index in [1.165, 1.54) is 5.57 Å². The number of hydrogen-bond acceptors (Lipinski definition) is 7. The fraction of sp³-hybridized carbons (Fsp3) is 0.851. The molecule has 0 spiro atoms. The van der Waals surface area contributed by atoms with Crippen molar-refractivity contribution in [1.82, 2.24) is 15.1 Å². The summed E-state index contributed by atoms with van der Waals surface area (Å²) in [6.07, 6.45) is 8.34. The van der Waals surface area contributed by atoms with Crippen LogP contribution in [-0.2, 0) is 23.9 Å². The van der Waals surface area contributed by atoms with Crippen LogP contribution >= 0.6 is 0 Å². The molecule has 6 aliphatic rings. The predicted molar refractivity (Wildman–Crippen MR) is 223 cm³/mol. The summed E-state index contributed by atoms with van der Waals surface area (Å²) in [7, 11) is 1.78. The highest BCUT2D eigenvalue weighted by atomic mass is 16.6. The first-order chi connectivity index (χ1) is 26.6. The molecule has 4 saturated carbocycles. The number of amides is 3. The number of fused-ring (bicyclic) bond motifs is 7. The van der Waals surface area contributed by atoms with Crippen LogP contribution in [0.5, 0.6) is 0 Å². The number of nitrogens with one attached hydrogen (secondary N) is 1. The summed E-state index contributed by atoms with van der Waals surface area (Å²) in [5, 5.41) is 13.2. The highest BCUT2D eigenvalue weighted by molar-refractivity contribution is 6.02.